The van der Waals surface area contributed by atoms with Gasteiger partial charge in [0.05, 0.1) is 0 Å². The van der Waals surface area contributed by atoms with Crippen molar-refractivity contribution in [1.29, 1.82) is 0 Å². The summed E-state index contributed by atoms with van der Waals surface area (Å²) in [6.45, 7) is 17.9. The minimum absolute atomic E-state index is 0.240. The van der Waals surface area contributed by atoms with Crippen molar-refractivity contribution in [2.75, 3.05) is 0 Å². The van der Waals surface area contributed by atoms with Gasteiger partial charge in [0.2, 0.25) is 0 Å². The molecule has 0 amide bonds. The Morgan fingerprint density at radius 2 is 0.857 bits per heavy atom. The smallest absolute Gasteiger partial charge is 0.0132 e. The van der Waals surface area contributed by atoms with Crippen LogP contribution in [0.4, 0.5) is 0 Å². The Hall–Kier alpha value is -0.520. The van der Waals surface area contributed by atoms with Gasteiger partial charge in [0.15, 0.2) is 0 Å². The Labute approximate surface area is 90.1 Å². The third-order valence-electron chi connectivity index (χ3n) is 2.48. The summed E-state index contributed by atoms with van der Waals surface area (Å²) in [6, 6.07) is 0. The zero-order chi connectivity index (χ0) is 11.6. The summed E-state index contributed by atoms with van der Waals surface area (Å²) in [5.41, 5.74) is 3.41. The first-order valence-corrected chi connectivity index (χ1v) is 5.48. The lowest BCUT2D eigenvalue weighted by Crippen LogP contribution is -2.20. The summed E-state index contributed by atoms with van der Waals surface area (Å²) < 4.78 is 0. The number of allylic oxidation sites excluding steroid dienone is 4. The van der Waals surface area contributed by atoms with Crippen LogP contribution in [0.5, 0.6) is 0 Å². The highest BCUT2D eigenvalue weighted by Crippen LogP contribution is 2.39. The van der Waals surface area contributed by atoms with Crippen LogP contribution in [0.1, 0.15) is 55.4 Å². The van der Waals surface area contributed by atoms with E-state index in [1.54, 1.807) is 0 Å². The summed E-state index contributed by atoms with van der Waals surface area (Å²) in [6.07, 6.45) is 4.50. The van der Waals surface area contributed by atoms with Gasteiger partial charge in [0.1, 0.15) is 0 Å². The summed E-state index contributed by atoms with van der Waals surface area (Å²) in [5, 5.41) is 0. The maximum Gasteiger partial charge on any atom is -0.0132 e. The normalized spacial score (nSPS) is 16.0. The Morgan fingerprint density at radius 1 is 0.643 bits per heavy atom. The zero-order valence-corrected chi connectivity index (χ0v) is 11.2. The summed E-state index contributed by atoms with van der Waals surface area (Å²) in [7, 11) is 0. The van der Waals surface area contributed by atoms with Crippen LogP contribution in [0.25, 0.3) is 0 Å². The predicted octanol–water partition coefficient (Wildman–Crippen LogP) is 4.97. The van der Waals surface area contributed by atoms with Gasteiger partial charge in [0, 0.05) is 0 Å². The van der Waals surface area contributed by atoms with Crippen molar-refractivity contribution in [3.05, 3.63) is 23.3 Å². The first-order valence-electron chi connectivity index (χ1n) is 5.48. The summed E-state index contributed by atoms with van der Waals surface area (Å²) in [4.78, 5) is 0. The maximum absolute atomic E-state index is 2.28. The SMILES string of the molecule is C/C=C(\C(=C/C)C(C)(C)C)C(C)(C)C. The van der Waals surface area contributed by atoms with E-state index in [1.807, 2.05) is 0 Å². The van der Waals surface area contributed by atoms with Gasteiger partial charge in [-0.15, -0.1) is 0 Å². The molecule has 0 aromatic rings. The molecule has 0 aromatic carbocycles. The van der Waals surface area contributed by atoms with Gasteiger partial charge in [-0.05, 0) is 35.8 Å². The Morgan fingerprint density at radius 3 is 0.929 bits per heavy atom. The molecule has 0 fully saturated rings. The molecule has 0 saturated carbocycles. The van der Waals surface area contributed by atoms with Gasteiger partial charge in [-0.1, -0.05) is 53.7 Å². The van der Waals surface area contributed by atoms with E-state index in [2.05, 4.69) is 67.5 Å². The van der Waals surface area contributed by atoms with Gasteiger partial charge in [0.25, 0.3) is 0 Å². The molecule has 0 aliphatic carbocycles. The molecule has 14 heavy (non-hydrogen) atoms. The van der Waals surface area contributed by atoms with Crippen LogP contribution in [0.3, 0.4) is 0 Å². The van der Waals surface area contributed by atoms with Crippen LogP contribution < -0.4 is 0 Å². The molecular weight excluding hydrogens is 168 g/mol. The van der Waals surface area contributed by atoms with Gasteiger partial charge >= 0.3 is 0 Å². The zero-order valence-electron chi connectivity index (χ0n) is 11.2. The highest BCUT2D eigenvalue weighted by atomic mass is 14.3. The van der Waals surface area contributed by atoms with E-state index in [1.165, 1.54) is 11.1 Å². The van der Waals surface area contributed by atoms with E-state index in [9.17, 15) is 0 Å². The molecule has 0 radical (unpaired) electrons. The second kappa shape index (κ2) is 4.33. The first-order chi connectivity index (χ1) is 6.14. The predicted molar refractivity (Wildman–Crippen MR) is 66.4 cm³/mol. The lowest BCUT2D eigenvalue weighted by atomic mass is 9.72. The van der Waals surface area contributed by atoms with Crippen molar-refractivity contribution in [3.8, 4) is 0 Å². The molecule has 0 bridgehead atoms. The van der Waals surface area contributed by atoms with Crippen molar-refractivity contribution in [2.45, 2.75) is 55.4 Å². The number of hydrogen-bond acceptors (Lipinski definition) is 0. The van der Waals surface area contributed by atoms with E-state index in [0.717, 1.165) is 0 Å². The van der Waals surface area contributed by atoms with E-state index in [0.29, 0.717) is 0 Å². The Bertz CT molecular complexity index is 210. The highest BCUT2D eigenvalue weighted by molar-refractivity contribution is 5.38. The van der Waals surface area contributed by atoms with Gasteiger partial charge < -0.3 is 0 Å². The average molecular weight is 194 g/mol. The molecule has 0 saturated heterocycles. The quantitative estimate of drug-likeness (QED) is 0.517. The molecule has 0 atom stereocenters. The third-order valence-corrected chi connectivity index (χ3v) is 2.48. The van der Waals surface area contributed by atoms with Crippen molar-refractivity contribution in [1.82, 2.24) is 0 Å². The van der Waals surface area contributed by atoms with Gasteiger partial charge in [-0.3, -0.25) is 0 Å². The lowest BCUT2D eigenvalue weighted by Gasteiger charge is -2.33. The van der Waals surface area contributed by atoms with Crippen LogP contribution in [0.15, 0.2) is 23.3 Å². The molecule has 0 heteroatoms. The molecular formula is C14H26. The van der Waals surface area contributed by atoms with E-state index in [-0.39, 0.29) is 10.8 Å². The third kappa shape index (κ3) is 3.32. The van der Waals surface area contributed by atoms with E-state index in [4.69, 9.17) is 0 Å². The van der Waals surface area contributed by atoms with Crippen molar-refractivity contribution < 1.29 is 0 Å². The molecule has 0 N–H and O–H groups in total. The first kappa shape index (κ1) is 13.5. The highest BCUT2D eigenvalue weighted by Gasteiger charge is 2.26. The lowest BCUT2D eigenvalue weighted by molar-refractivity contribution is 0.445. The second-order valence-corrected chi connectivity index (χ2v) is 5.90. The second-order valence-electron chi connectivity index (χ2n) is 5.90. The molecule has 0 nitrogen and oxygen atoms in total. The van der Waals surface area contributed by atoms with Crippen LogP contribution >= 0.6 is 0 Å². The maximum atomic E-state index is 2.28. The molecule has 0 unspecified atom stereocenters. The fraction of sp³-hybridized carbons (Fsp3) is 0.714. The minimum atomic E-state index is 0.240. The fourth-order valence-electron chi connectivity index (χ4n) is 1.99. The monoisotopic (exact) mass is 194 g/mol. The Balaban J connectivity index is 5.27. The topological polar surface area (TPSA) is 0 Å². The summed E-state index contributed by atoms with van der Waals surface area (Å²) >= 11 is 0. The molecule has 0 spiro atoms. The van der Waals surface area contributed by atoms with Crippen LogP contribution in [-0.4, -0.2) is 0 Å². The molecule has 0 aliphatic heterocycles. The minimum Gasteiger partial charge on any atom is -0.0836 e. The Kier molecular flexibility index (Phi) is 4.17. The summed E-state index contributed by atoms with van der Waals surface area (Å²) in [5.74, 6) is 0. The molecule has 82 valence electrons. The fourth-order valence-corrected chi connectivity index (χ4v) is 1.99. The van der Waals surface area contributed by atoms with E-state index >= 15 is 0 Å². The largest absolute Gasteiger partial charge is 0.0836 e. The van der Waals surface area contributed by atoms with Gasteiger partial charge in [-0.25, -0.2) is 0 Å². The average Bonchev–Trinajstić information content (AvgIpc) is 1.94. The molecule has 0 heterocycles. The van der Waals surface area contributed by atoms with Gasteiger partial charge in [-0.2, -0.15) is 0 Å². The van der Waals surface area contributed by atoms with Crippen molar-refractivity contribution in [3.63, 3.8) is 0 Å². The molecule has 0 aliphatic rings. The molecule has 0 aromatic heterocycles. The standard InChI is InChI=1S/C14H26/c1-9-11(13(3,4)5)12(10-2)14(6,7)8/h9-10H,1-8H3/b11-9+,12-10+. The van der Waals surface area contributed by atoms with Crippen molar-refractivity contribution >= 4 is 0 Å². The van der Waals surface area contributed by atoms with Crippen LogP contribution in [0, 0.1) is 10.8 Å². The van der Waals surface area contributed by atoms with Crippen LogP contribution in [-0.2, 0) is 0 Å². The van der Waals surface area contributed by atoms with E-state index < -0.39 is 0 Å². The van der Waals surface area contributed by atoms with Crippen molar-refractivity contribution in [2.24, 2.45) is 10.8 Å². The number of rotatable bonds is 1. The number of hydrogen-bond donors (Lipinski definition) is 0. The molecule has 0 rings (SSSR count). The van der Waals surface area contributed by atoms with Crippen LogP contribution in [0.2, 0.25) is 0 Å².